The number of carbonyl (C=O) groups is 1. The first-order chi connectivity index (χ1) is 9.65. The Bertz CT molecular complexity index is 444. The third kappa shape index (κ3) is 5.00. The van der Waals surface area contributed by atoms with Crippen LogP contribution in [0.4, 0.5) is 0 Å². The predicted octanol–water partition coefficient (Wildman–Crippen LogP) is 3.05. The lowest BCUT2D eigenvalue weighted by molar-refractivity contribution is 0.0967. The second kappa shape index (κ2) is 7.91. The number of hydrogen-bond donors (Lipinski definition) is 0. The summed E-state index contributed by atoms with van der Waals surface area (Å²) in [5.41, 5.74) is 0.798. The fraction of sp³-hybridized carbons (Fsp3) is 0.562. The standard InChI is InChI=1S/C16H23BrN2O/c1-18(11-12-19-8-2-3-9-19)10-7-16(20)14-5-4-6-15(17)13-14/h4-6,13H,2-3,7-12H2,1H3. The molecule has 0 radical (unpaired) electrons. The van der Waals surface area contributed by atoms with E-state index in [4.69, 9.17) is 0 Å². The maximum Gasteiger partial charge on any atom is 0.164 e. The summed E-state index contributed by atoms with van der Waals surface area (Å²) in [6, 6.07) is 7.64. The summed E-state index contributed by atoms with van der Waals surface area (Å²) in [7, 11) is 2.10. The highest BCUT2D eigenvalue weighted by atomic mass is 79.9. The summed E-state index contributed by atoms with van der Waals surface area (Å²) < 4.78 is 0.964. The minimum atomic E-state index is 0.222. The van der Waals surface area contributed by atoms with Gasteiger partial charge in [0.2, 0.25) is 0 Å². The van der Waals surface area contributed by atoms with Crippen LogP contribution in [-0.4, -0.2) is 55.4 Å². The number of benzene rings is 1. The zero-order valence-corrected chi connectivity index (χ0v) is 13.7. The summed E-state index contributed by atoms with van der Waals surface area (Å²) in [6.07, 6.45) is 3.27. The van der Waals surface area contributed by atoms with Crippen molar-refractivity contribution in [2.45, 2.75) is 19.3 Å². The first kappa shape index (κ1) is 15.7. The first-order valence-electron chi connectivity index (χ1n) is 7.35. The van der Waals surface area contributed by atoms with E-state index >= 15 is 0 Å². The molecule has 4 heteroatoms. The maximum atomic E-state index is 12.1. The Morgan fingerprint density at radius 2 is 2.05 bits per heavy atom. The van der Waals surface area contributed by atoms with E-state index in [-0.39, 0.29) is 5.78 Å². The van der Waals surface area contributed by atoms with Crippen molar-refractivity contribution in [1.29, 1.82) is 0 Å². The largest absolute Gasteiger partial charge is 0.305 e. The Hall–Kier alpha value is -0.710. The number of hydrogen-bond acceptors (Lipinski definition) is 3. The predicted molar refractivity (Wildman–Crippen MR) is 86.3 cm³/mol. The van der Waals surface area contributed by atoms with Gasteiger partial charge in [0, 0.05) is 36.1 Å². The lowest BCUT2D eigenvalue weighted by Gasteiger charge is -2.20. The van der Waals surface area contributed by atoms with Crippen LogP contribution in [-0.2, 0) is 0 Å². The van der Waals surface area contributed by atoms with Crippen LogP contribution >= 0.6 is 15.9 Å². The van der Waals surface area contributed by atoms with E-state index in [0.29, 0.717) is 6.42 Å². The lowest BCUT2D eigenvalue weighted by Crippen LogP contribution is -2.32. The molecule has 0 amide bonds. The number of ketones is 1. The Morgan fingerprint density at radius 3 is 2.75 bits per heavy atom. The molecule has 3 nitrogen and oxygen atoms in total. The summed E-state index contributed by atoms with van der Waals surface area (Å²) in [5.74, 6) is 0.222. The van der Waals surface area contributed by atoms with E-state index < -0.39 is 0 Å². The first-order valence-corrected chi connectivity index (χ1v) is 8.14. The molecule has 110 valence electrons. The zero-order valence-electron chi connectivity index (χ0n) is 12.1. The van der Waals surface area contributed by atoms with Crippen molar-refractivity contribution in [2.24, 2.45) is 0 Å². The molecule has 0 spiro atoms. The molecule has 1 aromatic carbocycles. The van der Waals surface area contributed by atoms with Crippen LogP contribution in [0.1, 0.15) is 29.6 Å². The summed E-state index contributed by atoms with van der Waals surface area (Å²) >= 11 is 3.40. The van der Waals surface area contributed by atoms with Crippen LogP contribution in [0.25, 0.3) is 0 Å². The summed E-state index contributed by atoms with van der Waals surface area (Å²) in [6.45, 7) is 5.49. The van der Waals surface area contributed by atoms with Crippen LogP contribution < -0.4 is 0 Å². The molecule has 0 N–H and O–H groups in total. The molecule has 0 unspecified atom stereocenters. The van der Waals surface area contributed by atoms with Gasteiger partial charge in [-0.05, 0) is 45.1 Å². The lowest BCUT2D eigenvalue weighted by atomic mass is 10.1. The quantitative estimate of drug-likeness (QED) is 0.714. The van der Waals surface area contributed by atoms with Gasteiger partial charge >= 0.3 is 0 Å². The summed E-state index contributed by atoms with van der Waals surface area (Å²) in [4.78, 5) is 16.9. The molecule has 1 aliphatic rings. The van der Waals surface area contributed by atoms with E-state index in [1.165, 1.54) is 25.9 Å². The molecule has 1 fully saturated rings. The van der Waals surface area contributed by atoms with Crippen molar-refractivity contribution < 1.29 is 4.79 Å². The molecule has 20 heavy (non-hydrogen) atoms. The average Bonchev–Trinajstić information content (AvgIpc) is 2.95. The van der Waals surface area contributed by atoms with Crippen molar-refractivity contribution in [3.63, 3.8) is 0 Å². The molecule has 2 rings (SSSR count). The molecule has 1 aliphatic heterocycles. The van der Waals surface area contributed by atoms with E-state index in [0.717, 1.165) is 29.7 Å². The molecule has 0 aliphatic carbocycles. The van der Waals surface area contributed by atoms with Crippen LogP contribution in [0.2, 0.25) is 0 Å². The average molecular weight is 339 g/mol. The second-order valence-corrected chi connectivity index (χ2v) is 6.45. The Balaban J connectivity index is 1.69. The monoisotopic (exact) mass is 338 g/mol. The van der Waals surface area contributed by atoms with Crippen molar-refractivity contribution >= 4 is 21.7 Å². The fourth-order valence-electron chi connectivity index (χ4n) is 2.53. The van der Waals surface area contributed by atoms with Crippen molar-refractivity contribution in [3.05, 3.63) is 34.3 Å². The maximum absolute atomic E-state index is 12.1. The smallest absolute Gasteiger partial charge is 0.164 e. The number of carbonyl (C=O) groups excluding carboxylic acids is 1. The number of rotatable bonds is 7. The van der Waals surface area contributed by atoms with Gasteiger partial charge in [0.15, 0.2) is 5.78 Å². The third-order valence-electron chi connectivity index (χ3n) is 3.86. The number of likely N-dealkylation sites (N-methyl/N-ethyl adjacent to an activating group) is 1. The Kier molecular flexibility index (Phi) is 6.20. The summed E-state index contributed by atoms with van der Waals surface area (Å²) in [5, 5.41) is 0. The van der Waals surface area contributed by atoms with Gasteiger partial charge in [-0.15, -0.1) is 0 Å². The van der Waals surface area contributed by atoms with Crippen molar-refractivity contribution in [2.75, 3.05) is 39.8 Å². The van der Waals surface area contributed by atoms with E-state index in [9.17, 15) is 4.79 Å². The normalized spacial score (nSPS) is 15.9. The second-order valence-electron chi connectivity index (χ2n) is 5.54. The van der Waals surface area contributed by atoms with Gasteiger partial charge in [-0.2, -0.15) is 0 Å². The molecule has 0 aromatic heterocycles. The molecule has 0 saturated carbocycles. The van der Waals surface area contributed by atoms with E-state index in [1.807, 2.05) is 24.3 Å². The third-order valence-corrected chi connectivity index (χ3v) is 4.36. The number of likely N-dealkylation sites (tertiary alicyclic amines) is 1. The molecule has 0 bridgehead atoms. The highest BCUT2D eigenvalue weighted by Gasteiger charge is 2.12. The highest BCUT2D eigenvalue weighted by Crippen LogP contribution is 2.13. The van der Waals surface area contributed by atoms with E-state index in [2.05, 4.69) is 32.8 Å². The van der Waals surface area contributed by atoms with Crippen molar-refractivity contribution in [3.8, 4) is 0 Å². The van der Waals surface area contributed by atoms with Crippen LogP contribution in [0.15, 0.2) is 28.7 Å². The number of halogens is 1. The molecular formula is C16H23BrN2O. The molecule has 1 heterocycles. The fourth-order valence-corrected chi connectivity index (χ4v) is 2.93. The molecule has 1 saturated heterocycles. The van der Waals surface area contributed by atoms with Crippen LogP contribution in [0.3, 0.4) is 0 Å². The molecular weight excluding hydrogens is 316 g/mol. The van der Waals surface area contributed by atoms with Gasteiger partial charge in [-0.25, -0.2) is 0 Å². The van der Waals surface area contributed by atoms with Crippen molar-refractivity contribution in [1.82, 2.24) is 9.80 Å². The van der Waals surface area contributed by atoms with Crippen LogP contribution in [0, 0.1) is 0 Å². The Labute approximate surface area is 130 Å². The number of Topliss-reactive ketones (excluding diaryl/α,β-unsaturated/α-hetero) is 1. The van der Waals surface area contributed by atoms with E-state index in [1.54, 1.807) is 0 Å². The van der Waals surface area contributed by atoms with Crippen LogP contribution in [0.5, 0.6) is 0 Å². The topological polar surface area (TPSA) is 23.6 Å². The Morgan fingerprint density at radius 1 is 1.30 bits per heavy atom. The SMILES string of the molecule is CN(CCC(=O)c1cccc(Br)c1)CCN1CCCC1. The molecule has 1 aromatic rings. The van der Waals surface area contributed by atoms with Gasteiger partial charge in [0.05, 0.1) is 0 Å². The minimum absolute atomic E-state index is 0.222. The van der Waals surface area contributed by atoms with Gasteiger partial charge in [-0.3, -0.25) is 4.79 Å². The number of nitrogens with zero attached hydrogens (tertiary/aromatic N) is 2. The van der Waals surface area contributed by atoms with Gasteiger partial charge < -0.3 is 9.80 Å². The van der Waals surface area contributed by atoms with Gasteiger partial charge in [0.1, 0.15) is 0 Å². The highest BCUT2D eigenvalue weighted by molar-refractivity contribution is 9.10. The molecule has 0 atom stereocenters. The van der Waals surface area contributed by atoms with Gasteiger partial charge in [-0.1, -0.05) is 28.1 Å². The minimum Gasteiger partial charge on any atom is -0.305 e. The van der Waals surface area contributed by atoms with Gasteiger partial charge in [0.25, 0.3) is 0 Å². The zero-order chi connectivity index (χ0) is 14.4.